The Morgan fingerprint density at radius 2 is 1.68 bits per heavy atom. The molecule has 1 amide bonds. The number of hydrogen-bond acceptors (Lipinski definition) is 2. The number of halogens is 1. The molecule has 0 bridgehead atoms. The zero-order valence-electron chi connectivity index (χ0n) is 10.6. The van der Waals surface area contributed by atoms with Gasteiger partial charge in [0.05, 0.1) is 0 Å². The highest BCUT2D eigenvalue weighted by molar-refractivity contribution is 9.10. The van der Waals surface area contributed by atoms with Crippen molar-refractivity contribution in [1.29, 1.82) is 0 Å². The normalized spacial score (nSPS) is 13.6. The molecule has 19 heavy (non-hydrogen) atoms. The molecule has 2 aromatic carbocycles. The molecular formula is C15H15BrN2O. The topological polar surface area (TPSA) is 55.1 Å². The number of amides is 1. The van der Waals surface area contributed by atoms with E-state index in [4.69, 9.17) is 5.73 Å². The Morgan fingerprint density at radius 3 is 2.26 bits per heavy atom. The van der Waals surface area contributed by atoms with E-state index in [2.05, 4.69) is 21.2 Å². The third-order valence-electron chi connectivity index (χ3n) is 3.10. The van der Waals surface area contributed by atoms with Gasteiger partial charge < -0.3 is 11.1 Å². The number of anilines is 1. The maximum Gasteiger partial charge on any atom is 0.247 e. The van der Waals surface area contributed by atoms with Gasteiger partial charge in [-0.15, -0.1) is 0 Å². The number of nitrogens with two attached hydrogens (primary N) is 1. The first kappa shape index (κ1) is 13.6. The van der Waals surface area contributed by atoms with Crippen molar-refractivity contribution in [2.45, 2.75) is 12.5 Å². The van der Waals surface area contributed by atoms with Crippen LogP contribution in [0.25, 0.3) is 0 Å². The molecule has 0 saturated heterocycles. The molecule has 98 valence electrons. The van der Waals surface area contributed by atoms with Crippen LogP contribution in [0.4, 0.5) is 5.69 Å². The van der Waals surface area contributed by atoms with Crippen molar-refractivity contribution in [3.8, 4) is 0 Å². The SMILES string of the molecule is CC(Nc1ccccc1Br)(C(N)=O)c1ccccc1. The van der Waals surface area contributed by atoms with E-state index in [-0.39, 0.29) is 0 Å². The van der Waals surface area contributed by atoms with Gasteiger partial charge in [-0.25, -0.2) is 0 Å². The van der Waals surface area contributed by atoms with E-state index in [0.717, 1.165) is 15.7 Å². The van der Waals surface area contributed by atoms with E-state index in [9.17, 15) is 4.79 Å². The minimum absolute atomic E-state index is 0.422. The number of carbonyl (C=O) groups excluding carboxylic acids is 1. The maximum atomic E-state index is 11.9. The van der Waals surface area contributed by atoms with E-state index in [1.807, 2.05) is 54.6 Å². The number of nitrogens with one attached hydrogen (secondary N) is 1. The van der Waals surface area contributed by atoms with Crippen molar-refractivity contribution >= 4 is 27.5 Å². The Kier molecular flexibility index (Phi) is 3.90. The Bertz CT molecular complexity index is 586. The van der Waals surface area contributed by atoms with Crippen LogP contribution in [0.5, 0.6) is 0 Å². The first-order valence-electron chi connectivity index (χ1n) is 5.92. The van der Waals surface area contributed by atoms with E-state index in [0.29, 0.717) is 0 Å². The molecule has 0 heterocycles. The number of hydrogen-bond donors (Lipinski definition) is 2. The molecule has 3 N–H and O–H groups in total. The van der Waals surface area contributed by atoms with Crippen molar-refractivity contribution in [2.24, 2.45) is 5.73 Å². The van der Waals surface area contributed by atoms with Gasteiger partial charge in [0, 0.05) is 10.2 Å². The van der Waals surface area contributed by atoms with Gasteiger partial charge >= 0.3 is 0 Å². The molecule has 0 saturated carbocycles. The highest BCUT2D eigenvalue weighted by Gasteiger charge is 2.33. The van der Waals surface area contributed by atoms with Gasteiger partial charge in [-0.05, 0) is 40.5 Å². The molecule has 0 spiro atoms. The number of rotatable bonds is 4. The molecule has 0 aromatic heterocycles. The summed E-state index contributed by atoms with van der Waals surface area (Å²) in [4.78, 5) is 11.9. The van der Waals surface area contributed by atoms with Crippen molar-refractivity contribution < 1.29 is 4.79 Å². The maximum absolute atomic E-state index is 11.9. The van der Waals surface area contributed by atoms with Gasteiger partial charge in [-0.2, -0.15) is 0 Å². The Morgan fingerprint density at radius 1 is 1.11 bits per heavy atom. The van der Waals surface area contributed by atoms with Gasteiger partial charge in [0.1, 0.15) is 5.54 Å². The molecule has 3 nitrogen and oxygen atoms in total. The molecule has 1 unspecified atom stereocenters. The predicted molar refractivity (Wildman–Crippen MR) is 80.8 cm³/mol. The lowest BCUT2D eigenvalue weighted by Gasteiger charge is -2.29. The fraction of sp³-hybridized carbons (Fsp3) is 0.133. The second-order valence-electron chi connectivity index (χ2n) is 4.46. The second-order valence-corrected chi connectivity index (χ2v) is 5.31. The van der Waals surface area contributed by atoms with Gasteiger partial charge in [-0.3, -0.25) is 4.79 Å². The fourth-order valence-electron chi connectivity index (χ4n) is 1.88. The minimum Gasteiger partial charge on any atom is -0.367 e. The molecule has 0 aliphatic rings. The number of primary amides is 1. The third-order valence-corrected chi connectivity index (χ3v) is 3.79. The quantitative estimate of drug-likeness (QED) is 0.909. The molecular weight excluding hydrogens is 304 g/mol. The van der Waals surface area contributed by atoms with E-state index in [1.165, 1.54) is 0 Å². The standard InChI is InChI=1S/C15H15BrN2O/c1-15(14(17)19,11-7-3-2-4-8-11)18-13-10-6-5-9-12(13)16/h2-10,18H,1H3,(H2,17,19). The first-order chi connectivity index (χ1) is 9.04. The Labute approximate surface area is 121 Å². The van der Waals surface area contributed by atoms with E-state index >= 15 is 0 Å². The predicted octanol–water partition coefficient (Wildman–Crippen LogP) is 3.26. The summed E-state index contributed by atoms with van der Waals surface area (Å²) in [6, 6.07) is 17.1. The summed E-state index contributed by atoms with van der Waals surface area (Å²) in [5, 5.41) is 3.22. The van der Waals surface area contributed by atoms with Crippen LogP contribution in [-0.2, 0) is 10.3 Å². The number of para-hydroxylation sites is 1. The van der Waals surface area contributed by atoms with Gasteiger partial charge in [0.25, 0.3) is 0 Å². The summed E-state index contributed by atoms with van der Waals surface area (Å²) >= 11 is 3.46. The Balaban J connectivity index is 2.42. The zero-order valence-corrected chi connectivity index (χ0v) is 12.1. The van der Waals surface area contributed by atoms with Crippen LogP contribution < -0.4 is 11.1 Å². The second kappa shape index (κ2) is 5.45. The summed E-state index contributed by atoms with van der Waals surface area (Å²) in [5.41, 5.74) is 6.29. The number of benzene rings is 2. The van der Waals surface area contributed by atoms with Crippen LogP contribution in [-0.4, -0.2) is 5.91 Å². The van der Waals surface area contributed by atoms with Gasteiger partial charge in [0.15, 0.2) is 0 Å². The highest BCUT2D eigenvalue weighted by Crippen LogP contribution is 2.30. The molecule has 2 rings (SSSR count). The molecule has 2 aromatic rings. The largest absolute Gasteiger partial charge is 0.367 e. The summed E-state index contributed by atoms with van der Waals surface area (Å²) in [6.07, 6.45) is 0. The zero-order chi connectivity index (χ0) is 13.9. The van der Waals surface area contributed by atoms with E-state index in [1.54, 1.807) is 6.92 Å². The smallest absolute Gasteiger partial charge is 0.247 e. The summed E-state index contributed by atoms with van der Waals surface area (Å²) < 4.78 is 0.887. The van der Waals surface area contributed by atoms with E-state index < -0.39 is 11.4 Å². The first-order valence-corrected chi connectivity index (χ1v) is 6.71. The fourth-order valence-corrected chi connectivity index (χ4v) is 2.26. The van der Waals surface area contributed by atoms with Gasteiger partial charge in [0.2, 0.25) is 5.91 Å². The lowest BCUT2D eigenvalue weighted by atomic mass is 9.91. The van der Waals surface area contributed by atoms with Crippen molar-refractivity contribution in [3.63, 3.8) is 0 Å². The molecule has 0 radical (unpaired) electrons. The van der Waals surface area contributed by atoms with Crippen LogP contribution in [0.15, 0.2) is 59.1 Å². The van der Waals surface area contributed by atoms with Crippen LogP contribution in [0.3, 0.4) is 0 Å². The lowest BCUT2D eigenvalue weighted by Crippen LogP contribution is -2.45. The van der Waals surface area contributed by atoms with Crippen LogP contribution in [0.2, 0.25) is 0 Å². The van der Waals surface area contributed by atoms with Gasteiger partial charge in [-0.1, -0.05) is 42.5 Å². The number of carbonyl (C=O) groups is 1. The average molecular weight is 319 g/mol. The Hall–Kier alpha value is -1.81. The lowest BCUT2D eigenvalue weighted by molar-refractivity contribution is -0.122. The summed E-state index contributed by atoms with van der Waals surface area (Å²) in [7, 11) is 0. The molecule has 0 fully saturated rings. The molecule has 0 aliphatic carbocycles. The highest BCUT2D eigenvalue weighted by atomic mass is 79.9. The molecule has 1 atom stereocenters. The van der Waals surface area contributed by atoms with Crippen LogP contribution in [0, 0.1) is 0 Å². The van der Waals surface area contributed by atoms with Crippen LogP contribution >= 0.6 is 15.9 Å². The minimum atomic E-state index is -0.953. The van der Waals surface area contributed by atoms with Crippen LogP contribution in [0.1, 0.15) is 12.5 Å². The summed E-state index contributed by atoms with van der Waals surface area (Å²) in [6.45, 7) is 1.78. The van der Waals surface area contributed by atoms with Crippen molar-refractivity contribution in [2.75, 3.05) is 5.32 Å². The molecule has 0 aliphatic heterocycles. The molecule has 4 heteroatoms. The third kappa shape index (κ3) is 2.79. The monoisotopic (exact) mass is 318 g/mol. The van der Waals surface area contributed by atoms with Crippen molar-refractivity contribution in [3.05, 3.63) is 64.6 Å². The average Bonchev–Trinajstić information content (AvgIpc) is 2.42. The summed E-state index contributed by atoms with van der Waals surface area (Å²) in [5.74, 6) is -0.422. The van der Waals surface area contributed by atoms with Crippen molar-refractivity contribution in [1.82, 2.24) is 0 Å².